The average Bonchev–Trinajstić information content (AvgIpc) is 3.47. The Morgan fingerprint density at radius 3 is 2.57 bits per heavy atom. The van der Waals surface area contributed by atoms with Crippen molar-refractivity contribution >= 4 is 5.91 Å². The molecule has 0 spiro atoms. The number of hydrogen-bond acceptors (Lipinski definition) is 4. The SMILES string of the molecule is Cn1ccnc1CCN1C[C@H]2CN(C(=O)c3ccccn3)[C@@H](c3ccccc3)[C@H]2C1. The van der Waals surface area contributed by atoms with Crippen LogP contribution in [0.15, 0.2) is 67.1 Å². The molecule has 154 valence electrons. The smallest absolute Gasteiger partial charge is 0.272 e. The molecule has 6 nitrogen and oxygen atoms in total. The van der Waals surface area contributed by atoms with E-state index in [0.717, 1.165) is 38.4 Å². The standard InChI is InChI=1S/C24H27N5O/c1-27-14-12-26-22(27)10-13-28-15-19-16-29(24(30)21-9-5-6-11-25-21)23(20(19)17-28)18-7-3-2-4-8-18/h2-9,11-12,14,19-20,23H,10,13,15-17H2,1H3/t19-,20-,23-/m0/s1. The second kappa shape index (κ2) is 8.03. The van der Waals surface area contributed by atoms with E-state index in [0.29, 0.717) is 17.5 Å². The first-order chi connectivity index (χ1) is 14.7. The molecule has 2 aliphatic rings. The quantitative estimate of drug-likeness (QED) is 0.660. The first-order valence-electron chi connectivity index (χ1n) is 10.7. The fraction of sp³-hybridized carbons (Fsp3) is 0.375. The maximum Gasteiger partial charge on any atom is 0.272 e. The molecule has 2 aromatic heterocycles. The molecule has 5 rings (SSSR count). The van der Waals surface area contributed by atoms with Gasteiger partial charge in [0.1, 0.15) is 11.5 Å². The number of aryl methyl sites for hydroxylation is 1. The summed E-state index contributed by atoms with van der Waals surface area (Å²) >= 11 is 0. The molecule has 4 heterocycles. The summed E-state index contributed by atoms with van der Waals surface area (Å²) in [7, 11) is 2.05. The van der Waals surface area contributed by atoms with Gasteiger partial charge in [-0.1, -0.05) is 36.4 Å². The molecular weight excluding hydrogens is 374 g/mol. The number of carbonyl (C=O) groups is 1. The number of hydrogen-bond donors (Lipinski definition) is 0. The Balaban J connectivity index is 1.35. The van der Waals surface area contributed by atoms with Crippen LogP contribution in [0, 0.1) is 11.8 Å². The van der Waals surface area contributed by atoms with E-state index in [4.69, 9.17) is 0 Å². The van der Waals surface area contributed by atoms with E-state index in [1.54, 1.807) is 6.20 Å². The van der Waals surface area contributed by atoms with Gasteiger partial charge in [-0.05, 0) is 23.6 Å². The number of imidazole rings is 1. The molecule has 2 fully saturated rings. The van der Waals surface area contributed by atoms with Crippen LogP contribution in [0.5, 0.6) is 0 Å². The average molecular weight is 402 g/mol. The molecule has 0 unspecified atom stereocenters. The number of carbonyl (C=O) groups excluding carboxylic acids is 1. The van der Waals surface area contributed by atoms with E-state index >= 15 is 0 Å². The maximum absolute atomic E-state index is 13.3. The zero-order valence-corrected chi connectivity index (χ0v) is 17.3. The van der Waals surface area contributed by atoms with Crippen LogP contribution < -0.4 is 0 Å². The highest BCUT2D eigenvalue weighted by Crippen LogP contribution is 2.45. The number of benzene rings is 1. The predicted octanol–water partition coefficient (Wildman–Crippen LogP) is 2.80. The summed E-state index contributed by atoms with van der Waals surface area (Å²) in [5.74, 6) is 2.10. The summed E-state index contributed by atoms with van der Waals surface area (Å²) in [4.78, 5) is 26.7. The summed E-state index contributed by atoms with van der Waals surface area (Å²) in [5.41, 5.74) is 1.75. The number of nitrogens with zero attached hydrogens (tertiary/aromatic N) is 5. The summed E-state index contributed by atoms with van der Waals surface area (Å²) in [6.45, 7) is 3.84. The van der Waals surface area contributed by atoms with Crippen molar-refractivity contribution in [3.63, 3.8) is 0 Å². The summed E-state index contributed by atoms with van der Waals surface area (Å²) in [6, 6.07) is 16.1. The molecule has 6 heteroatoms. The van der Waals surface area contributed by atoms with Gasteiger partial charge in [-0.2, -0.15) is 0 Å². The monoisotopic (exact) mass is 401 g/mol. The highest BCUT2D eigenvalue weighted by atomic mass is 16.2. The van der Waals surface area contributed by atoms with Crippen molar-refractivity contribution in [2.45, 2.75) is 12.5 Å². The molecule has 0 aliphatic carbocycles. The van der Waals surface area contributed by atoms with Crippen molar-refractivity contribution < 1.29 is 4.79 Å². The first kappa shape index (κ1) is 19.0. The number of rotatable bonds is 5. The highest BCUT2D eigenvalue weighted by Gasteiger charge is 2.49. The summed E-state index contributed by atoms with van der Waals surface area (Å²) in [5, 5.41) is 0. The largest absolute Gasteiger partial charge is 0.338 e. The van der Waals surface area contributed by atoms with Gasteiger partial charge in [0.15, 0.2) is 0 Å². The van der Waals surface area contributed by atoms with Gasteiger partial charge in [0, 0.05) is 64.2 Å². The number of pyridine rings is 1. The Bertz CT molecular complexity index is 1000. The van der Waals surface area contributed by atoms with E-state index in [-0.39, 0.29) is 11.9 Å². The molecule has 0 saturated carbocycles. The molecule has 3 aromatic rings. The van der Waals surface area contributed by atoms with Gasteiger partial charge in [0.2, 0.25) is 0 Å². The lowest BCUT2D eigenvalue weighted by atomic mass is 9.89. The molecule has 1 amide bonds. The van der Waals surface area contributed by atoms with Crippen LogP contribution >= 0.6 is 0 Å². The Hall–Kier alpha value is -2.99. The third-order valence-corrected chi connectivity index (χ3v) is 6.60. The Labute approximate surface area is 177 Å². The van der Waals surface area contributed by atoms with Crippen molar-refractivity contribution in [2.75, 3.05) is 26.2 Å². The molecule has 0 N–H and O–H groups in total. The lowest BCUT2D eigenvalue weighted by Gasteiger charge is -2.29. The Morgan fingerprint density at radius 1 is 1.00 bits per heavy atom. The second-order valence-electron chi connectivity index (χ2n) is 8.42. The van der Waals surface area contributed by atoms with Gasteiger partial charge < -0.3 is 14.4 Å². The Kier molecular flexibility index (Phi) is 5.09. The third-order valence-electron chi connectivity index (χ3n) is 6.60. The lowest BCUT2D eigenvalue weighted by molar-refractivity contribution is 0.0695. The minimum atomic E-state index is 0.0402. The van der Waals surface area contributed by atoms with Crippen molar-refractivity contribution in [1.82, 2.24) is 24.3 Å². The number of amides is 1. The summed E-state index contributed by atoms with van der Waals surface area (Å²) < 4.78 is 2.09. The molecule has 30 heavy (non-hydrogen) atoms. The van der Waals surface area contributed by atoms with Crippen LogP contribution in [-0.2, 0) is 13.5 Å². The van der Waals surface area contributed by atoms with Crippen molar-refractivity contribution in [3.05, 3.63) is 84.2 Å². The zero-order valence-electron chi connectivity index (χ0n) is 17.3. The molecule has 0 bridgehead atoms. The van der Waals surface area contributed by atoms with Crippen molar-refractivity contribution in [1.29, 1.82) is 0 Å². The van der Waals surface area contributed by atoms with E-state index in [1.165, 1.54) is 5.56 Å². The molecule has 2 saturated heterocycles. The van der Waals surface area contributed by atoms with E-state index in [2.05, 4.69) is 48.6 Å². The minimum Gasteiger partial charge on any atom is -0.338 e. The number of fused-ring (bicyclic) bond motifs is 1. The number of likely N-dealkylation sites (tertiary alicyclic amines) is 2. The molecular formula is C24H27N5O. The highest BCUT2D eigenvalue weighted by molar-refractivity contribution is 5.92. The van der Waals surface area contributed by atoms with Gasteiger partial charge in [0.05, 0.1) is 6.04 Å². The zero-order chi connectivity index (χ0) is 20.5. The van der Waals surface area contributed by atoms with Crippen LogP contribution in [-0.4, -0.2) is 56.4 Å². The van der Waals surface area contributed by atoms with Crippen molar-refractivity contribution in [3.8, 4) is 0 Å². The first-order valence-corrected chi connectivity index (χ1v) is 10.7. The van der Waals surface area contributed by atoms with Crippen LogP contribution in [0.1, 0.15) is 27.9 Å². The van der Waals surface area contributed by atoms with Gasteiger partial charge in [-0.25, -0.2) is 4.98 Å². The maximum atomic E-state index is 13.3. The van der Waals surface area contributed by atoms with Crippen LogP contribution in [0.2, 0.25) is 0 Å². The predicted molar refractivity (Wildman–Crippen MR) is 115 cm³/mol. The molecule has 1 aromatic carbocycles. The Morgan fingerprint density at radius 2 is 1.83 bits per heavy atom. The van der Waals surface area contributed by atoms with Gasteiger partial charge >= 0.3 is 0 Å². The van der Waals surface area contributed by atoms with Crippen LogP contribution in [0.25, 0.3) is 0 Å². The van der Waals surface area contributed by atoms with E-state index in [9.17, 15) is 4.79 Å². The van der Waals surface area contributed by atoms with Crippen LogP contribution in [0.3, 0.4) is 0 Å². The second-order valence-corrected chi connectivity index (χ2v) is 8.42. The van der Waals surface area contributed by atoms with Gasteiger partial charge in [0.25, 0.3) is 5.91 Å². The van der Waals surface area contributed by atoms with Gasteiger partial charge in [-0.15, -0.1) is 0 Å². The normalized spacial score (nSPS) is 23.6. The van der Waals surface area contributed by atoms with E-state index < -0.39 is 0 Å². The summed E-state index contributed by atoms with van der Waals surface area (Å²) in [6.07, 6.45) is 6.51. The third kappa shape index (κ3) is 3.52. The molecule has 2 aliphatic heterocycles. The van der Waals surface area contributed by atoms with Crippen LogP contribution in [0.4, 0.5) is 0 Å². The lowest BCUT2D eigenvalue weighted by Crippen LogP contribution is -2.36. The van der Waals surface area contributed by atoms with Gasteiger partial charge in [-0.3, -0.25) is 9.78 Å². The molecule has 3 atom stereocenters. The fourth-order valence-corrected chi connectivity index (χ4v) is 5.14. The topological polar surface area (TPSA) is 54.3 Å². The van der Waals surface area contributed by atoms with E-state index in [1.807, 2.05) is 43.7 Å². The fourth-order valence-electron chi connectivity index (χ4n) is 5.14. The number of aromatic nitrogens is 3. The molecule has 0 radical (unpaired) electrons. The van der Waals surface area contributed by atoms with Crippen molar-refractivity contribution in [2.24, 2.45) is 18.9 Å². The minimum absolute atomic E-state index is 0.0402.